The Kier molecular flexibility index (Phi) is 5.39. The van der Waals surface area contributed by atoms with Crippen molar-refractivity contribution in [2.24, 2.45) is 0 Å². The molecule has 0 aromatic heterocycles. The van der Waals surface area contributed by atoms with Crippen LogP contribution in [0, 0.1) is 6.92 Å². The first-order chi connectivity index (χ1) is 10.1. The molecule has 0 aliphatic carbocycles. The lowest BCUT2D eigenvalue weighted by Crippen LogP contribution is -2.32. The zero-order chi connectivity index (χ0) is 15.2. The van der Waals surface area contributed by atoms with Crippen molar-refractivity contribution in [3.63, 3.8) is 0 Å². The van der Waals surface area contributed by atoms with Crippen molar-refractivity contribution in [2.45, 2.75) is 26.3 Å². The maximum atomic E-state index is 12.2. The number of urea groups is 1. The van der Waals surface area contributed by atoms with E-state index in [1.165, 1.54) is 0 Å². The summed E-state index contributed by atoms with van der Waals surface area (Å²) in [5.74, 6) is 0. The average molecular weight is 347 g/mol. The number of benzene rings is 2. The Bertz CT molecular complexity index is 613. The van der Waals surface area contributed by atoms with Crippen molar-refractivity contribution >= 4 is 27.6 Å². The molecule has 1 unspecified atom stereocenters. The van der Waals surface area contributed by atoms with Gasteiger partial charge in [0.05, 0.1) is 6.04 Å². The summed E-state index contributed by atoms with van der Waals surface area (Å²) in [6.07, 6.45) is 0.844. The number of nitrogens with one attached hydrogen (secondary N) is 2. The van der Waals surface area contributed by atoms with Crippen LogP contribution in [0.4, 0.5) is 10.5 Å². The van der Waals surface area contributed by atoms with E-state index in [1.54, 1.807) is 0 Å². The molecule has 0 fully saturated rings. The van der Waals surface area contributed by atoms with Crippen LogP contribution in [0.2, 0.25) is 0 Å². The van der Waals surface area contributed by atoms with E-state index >= 15 is 0 Å². The van der Waals surface area contributed by atoms with Gasteiger partial charge in [0.2, 0.25) is 0 Å². The van der Waals surface area contributed by atoms with Gasteiger partial charge in [-0.05, 0) is 42.7 Å². The molecular formula is C17H19BrN2O. The lowest BCUT2D eigenvalue weighted by molar-refractivity contribution is 0.248. The highest BCUT2D eigenvalue weighted by molar-refractivity contribution is 9.10. The monoisotopic (exact) mass is 346 g/mol. The van der Waals surface area contributed by atoms with E-state index in [2.05, 4.69) is 33.5 Å². The van der Waals surface area contributed by atoms with Gasteiger partial charge in [-0.1, -0.05) is 53.2 Å². The Balaban J connectivity index is 2.03. The molecule has 0 bridgehead atoms. The Morgan fingerprint density at radius 3 is 2.52 bits per heavy atom. The minimum Gasteiger partial charge on any atom is -0.331 e. The largest absolute Gasteiger partial charge is 0.331 e. The molecule has 4 heteroatoms. The minimum absolute atomic E-state index is 0.0157. The third-order valence-corrected chi connectivity index (χ3v) is 3.85. The SMILES string of the molecule is CCC(NC(=O)Nc1ccc(Br)cc1C)c1ccccc1. The maximum absolute atomic E-state index is 12.2. The van der Waals surface area contributed by atoms with Gasteiger partial charge in [0.15, 0.2) is 0 Å². The summed E-state index contributed by atoms with van der Waals surface area (Å²) in [6.45, 7) is 4.03. The number of hydrogen-bond acceptors (Lipinski definition) is 1. The van der Waals surface area contributed by atoms with Crippen molar-refractivity contribution in [3.05, 3.63) is 64.1 Å². The highest BCUT2D eigenvalue weighted by Gasteiger charge is 2.12. The van der Waals surface area contributed by atoms with Crippen molar-refractivity contribution in [1.82, 2.24) is 5.32 Å². The van der Waals surface area contributed by atoms with Gasteiger partial charge >= 0.3 is 6.03 Å². The van der Waals surface area contributed by atoms with Crippen LogP contribution in [0.3, 0.4) is 0 Å². The molecular weight excluding hydrogens is 328 g/mol. The molecule has 3 nitrogen and oxygen atoms in total. The number of halogens is 1. The Labute approximate surface area is 133 Å². The summed E-state index contributed by atoms with van der Waals surface area (Å²) in [7, 11) is 0. The van der Waals surface area contributed by atoms with Gasteiger partial charge < -0.3 is 10.6 Å². The zero-order valence-electron chi connectivity index (χ0n) is 12.2. The molecule has 2 aromatic rings. The molecule has 0 radical (unpaired) electrons. The van der Waals surface area contributed by atoms with E-state index in [0.29, 0.717) is 0 Å². The fourth-order valence-corrected chi connectivity index (χ4v) is 2.67. The van der Waals surface area contributed by atoms with Gasteiger partial charge in [-0.25, -0.2) is 4.79 Å². The van der Waals surface area contributed by atoms with Gasteiger partial charge in [-0.3, -0.25) is 0 Å². The third kappa shape index (κ3) is 4.33. The predicted octanol–water partition coefficient (Wildman–Crippen LogP) is 5.03. The molecule has 2 amide bonds. The van der Waals surface area contributed by atoms with Crippen molar-refractivity contribution in [2.75, 3.05) is 5.32 Å². The van der Waals surface area contributed by atoms with Crippen LogP contribution in [0.25, 0.3) is 0 Å². The summed E-state index contributed by atoms with van der Waals surface area (Å²) in [5.41, 5.74) is 2.95. The molecule has 0 heterocycles. The highest BCUT2D eigenvalue weighted by atomic mass is 79.9. The number of hydrogen-bond donors (Lipinski definition) is 2. The molecule has 0 saturated heterocycles. The molecule has 21 heavy (non-hydrogen) atoms. The maximum Gasteiger partial charge on any atom is 0.319 e. The van der Waals surface area contributed by atoms with Gasteiger partial charge in [-0.2, -0.15) is 0 Å². The van der Waals surface area contributed by atoms with Crippen molar-refractivity contribution in [3.8, 4) is 0 Å². The summed E-state index contributed by atoms with van der Waals surface area (Å²) in [6, 6.07) is 15.6. The number of amides is 2. The molecule has 0 aliphatic rings. The minimum atomic E-state index is -0.184. The molecule has 0 aliphatic heterocycles. The second-order valence-electron chi connectivity index (χ2n) is 4.93. The van der Waals surface area contributed by atoms with E-state index in [-0.39, 0.29) is 12.1 Å². The van der Waals surface area contributed by atoms with Gasteiger partial charge in [0, 0.05) is 10.2 Å². The first-order valence-electron chi connectivity index (χ1n) is 6.98. The van der Waals surface area contributed by atoms with Gasteiger partial charge in [-0.15, -0.1) is 0 Å². The van der Waals surface area contributed by atoms with E-state index in [1.807, 2.05) is 55.5 Å². The number of rotatable bonds is 4. The topological polar surface area (TPSA) is 41.1 Å². The van der Waals surface area contributed by atoms with Gasteiger partial charge in [0.1, 0.15) is 0 Å². The summed E-state index contributed by atoms with van der Waals surface area (Å²) in [5, 5.41) is 5.91. The molecule has 0 saturated carbocycles. The first-order valence-corrected chi connectivity index (χ1v) is 7.78. The van der Waals surface area contributed by atoms with Crippen LogP contribution >= 0.6 is 15.9 Å². The molecule has 2 rings (SSSR count). The normalized spacial score (nSPS) is 11.8. The van der Waals surface area contributed by atoms with Crippen molar-refractivity contribution in [1.29, 1.82) is 0 Å². The van der Waals surface area contributed by atoms with E-state index in [4.69, 9.17) is 0 Å². The average Bonchev–Trinajstić information content (AvgIpc) is 2.48. The Morgan fingerprint density at radius 1 is 1.19 bits per heavy atom. The zero-order valence-corrected chi connectivity index (χ0v) is 13.8. The van der Waals surface area contributed by atoms with Crippen LogP contribution in [0.5, 0.6) is 0 Å². The quantitative estimate of drug-likeness (QED) is 0.800. The first kappa shape index (κ1) is 15.6. The third-order valence-electron chi connectivity index (χ3n) is 3.35. The van der Waals surface area contributed by atoms with Crippen LogP contribution in [-0.2, 0) is 0 Å². The van der Waals surface area contributed by atoms with E-state index in [0.717, 1.165) is 27.7 Å². The van der Waals surface area contributed by atoms with Crippen molar-refractivity contribution < 1.29 is 4.79 Å². The van der Waals surface area contributed by atoms with Crippen LogP contribution < -0.4 is 10.6 Å². The second kappa shape index (κ2) is 7.27. The number of aryl methyl sites for hydroxylation is 1. The second-order valence-corrected chi connectivity index (χ2v) is 5.84. The smallest absolute Gasteiger partial charge is 0.319 e. The number of anilines is 1. The van der Waals surface area contributed by atoms with Crippen LogP contribution in [-0.4, -0.2) is 6.03 Å². The molecule has 2 N–H and O–H groups in total. The standard InChI is InChI=1S/C17H19BrN2O/c1-3-15(13-7-5-4-6-8-13)19-17(21)20-16-10-9-14(18)11-12(16)2/h4-11,15H,3H2,1-2H3,(H2,19,20,21). The summed E-state index contributed by atoms with van der Waals surface area (Å²) >= 11 is 3.42. The Hall–Kier alpha value is -1.81. The molecule has 1 atom stereocenters. The fourth-order valence-electron chi connectivity index (χ4n) is 2.19. The molecule has 110 valence electrons. The van der Waals surface area contributed by atoms with E-state index < -0.39 is 0 Å². The summed E-state index contributed by atoms with van der Waals surface area (Å²) in [4.78, 5) is 12.2. The number of carbonyl (C=O) groups excluding carboxylic acids is 1. The highest BCUT2D eigenvalue weighted by Crippen LogP contribution is 2.21. The Morgan fingerprint density at radius 2 is 1.90 bits per heavy atom. The van der Waals surface area contributed by atoms with Crippen LogP contribution in [0.15, 0.2) is 53.0 Å². The summed E-state index contributed by atoms with van der Waals surface area (Å²) < 4.78 is 1.00. The molecule has 0 spiro atoms. The fraction of sp³-hybridized carbons (Fsp3) is 0.235. The van der Waals surface area contributed by atoms with Crippen LogP contribution in [0.1, 0.15) is 30.5 Å². The lowest BCUT2D eigenvalue weighted by Gasteiger charge is -2.18. The molecule has 2 aromatic carbocycles. The van der Waals surface area contributed by atoms with Gasteiger partial charge in [0.25, 0.3) is 0 Å². The lowest BCUT2D eigenvalue weighted by atomic mass is 10.1. The van der Waals surface area contributed by atoms with E-state index in [9.17, 15) is 4.79 Å². The predicted molar refractivity (Wildman–Crippen MR) is 90.5 cm³/mol. The number of carbonyl (C=O) groups is 1.